The van der Waals surface area contributed by atoms with Crippen molar-refractivity contribution in [3.8, 4) is 0 Å². The number of fused-ring (bicyclic) bond motifs is 2. The maximum absolute atomic E-state index is 12.1. The van der Waals surface area contributed by atoms with E-state index in [0.29, 0.717) is 0 Å². The van der Waals surface area contributed by atoms with Crippen molar-refractivity contribution >= 4 is 23.8 Å². The molecule has 2 amide bonds. The van der Waals surface area contributed by atoms with Gasteiger partial charge in [-0.25, -0.2) is 0 Å². The highest BCUT2D eigenvalue weighted by Gasteiger charge is 2.60. The third-order valence-electron chi connectivity index (χ3n) is 4.66. The molecular weight excluding hydrogens is 292 g/mol. The van der Waals surface area contributed by atoms with E-state index in [1.165, 1.54) is 20.2 Å². The number of rotatable bonds is 4. The quantitative estimate of drug-likeness (QED) is 0.489. The lowest BCUT2D eigenvalue weighted by Crippen LogP contribution is -2.60. The minimum atomic E-state index is -1.23. The fourth-order valence-electron chi connectivity index (χ4n) is 3.79. The molecule has 0 aromatic carbocycles. The van der Waals surface area contributed by atoms with Crippen LogP contribution in [-0.2, 0) is 19.2 Å². The standard InChI is InChI=1S/C14H18N2O6/c1-15-11(17)7-5-3-4-6(9(7)13(19)20)10(14(21)22)8(5)12(18)16-2/h3-10H,1-2H3,(H,15,17)(H,16,18)(H,19,20)(H,21,22). The Balaban J connectivity index is 2.55. The number of aliphatic carboxylic acids is 2. The molecule has 0 aliphatic heterocycles. The molecule has 4 unspecified atom stereocenters. The molecule has 3 aliphatic rings. The Kier molecular flexibility index (Phi) is 4.20. The van der Waals surface area contributed by atoms with Crippen molar-refractivity contribution in [3.63, 3.8) is 0 Å². The van der Waals surface area contributed by atoms with Crippen LogP contribution in [0.5, 0.6) is 0 Å². The van der Waals surface area contributed by atoms with Gasteiger partial charge in [-0.2, -0.15) is 0 Å². The number of allylic oxidation sites excluding steroid dienone is 2. The highest BCUT2D eigenvalue weighted by molar-refractivity contribution is 5.92. The topological polar surface area (TPSA) is 133 Å². The molecule has 2 bridgehead atoms. The zero-order valence-electron chi connectivity index (χ0n) is 12.1. The summed E-state index contributed by atoms with van der Waals surface area (Å²) in [6, 6.07) is 0. The van der Waals surface area contributed by atoms with Crippen LogP contribution in [0.4, 0.5) is 0 Å². The third-order valence-corrected chi connectivity index (χ3v) is 4.66. The molecule has 1 saturated carbocycles. The van der Waals surface area contributed by atoms with E-state index in [1.807, 2.05) is 0 Å². The van der Waals surface area contributed by atoms with Crippen molar-refractivity contribution in [1.82, 2.24) is 10.6 Å². The Bertz CT molecular complexity index is 516. The van der Waals surface area contributed by atoms with Crippen LogP contribution in [0.1, 0.15) is 0 Å². The molecule has 8 nitrogen and oxygen atoms in total. The van der Waals surface area contributed by atoms with Gasteiger partial charge in [0.15, 0.2) is 0 Å². The van der Waals surface area contributed by atoms with Crippen molar-refractivity contribution in [1.29, 1.82) is 0 Å². The Hall–Kier alpha value is -2.38. The molecule has 0 spiro atoms. The highest BCUT2D eigenvalue weighted by Crippen LogP contribution is 2.51. The van der Waals surface area contributed by atoms with Gasteiger partial charge in [0.25, 0.3) is 0 Å². The molecule has 0 saturated heterocycles. The first-order valence-electron chi connectivity index (χ1n) is 6.92. The van der Waals surface area contributed by atoms with Crippen LogP contribution in [0, 0.1) is 35.5 Å². The minimum absolute atomic E-state index is 0.496. The monoisotopic (exact) mass is 310 g/mol. The summed E-state index contributed by atoms with van der Waals surface area (Å²) in [5.41, 5.74) is 0. The van der Waals surface area contributed by atoms with E-state index in [9.17, 15) is 29.4 Å². The fraction of sp³-hybridized carbons (Fsp3) is 0.571. The summed E-state index contributed by atoms with van der Waals surface area (Å²) in [5, 5.41) is 23.7. The second-order valence-electron chi connectivity index (χ2n) is 5.55. The number of carbonyl (C=O) groups excluding carboxylic acids is 2. The molecule has 22 heavy (non-hydrogen) atoms. The van der Waals surface area contributed by atoms with Crippen LogP contribution in [-0.4, -0.2) is 48.1 Å². The van der Waals surface area contributed by atoms with Crippen molar-refractivity contribution in [3.05, 3.63) is 12.2 Å². The number of carboxylic acid groups (broad SMARTS) is 2. The third kappa shape index (κ3) is 2.24. The predicted octanol–water partition coefficient (Wildman–Crippen LogP) is -1.07. The zero-order valence-corrected chi connectivity index (χ0v) is 12.1. The molecule has 8 heteroatoms. The first-order valence-corrected chi connectivity index (χ1v) is 6.92. The van der Waals surface area contributed by atoms with Crippen LogP contribution in [0.25, 0.3) is 0 Å². The second-order valence-corrected chi connectivity index (χ2v) is 5.55. The summed E-state index contributed by atoms with van der Waals surface area (Å²) in [7, 11) is 2.77. The van der Waals surface area contributed by atoms with E-state index in [4.69, 9.17) is 0 Å². The summed E-state index contributed by atoms with van der Waals surface area (Å²) in [5.74, 6) is -9.34. The van der Waals surface area contributed by atoms with Gasteiger partial charge >= 0.3 is 11.9 Å². The summed E-state index contributed by atoms with van der Waals surface area (Å²) in [6.07, 6.45) is 3.12. The van der Waals surface area contributed by atoms with Crippen molar-refractivity contribution in [2.24, 2.45) is 35.5 Å². The summed E-state index contributed by atoms with van der Waals surface area (Å²) in [6.45, 7) is 0. The lowest BCUT2D eigenvalue weighted by molar-refractivity contribution is -0.168. The Morgan fingerprint density at radius 1 is 0.727 bits per heavy atom. The SMILES string of the molecule is CNC(=O)C1C2C=CC(C1C(=O)O)C(C(=O)O)C2C(=O)NC. The van der Waals surface area contributed by atoms with Crippen LogP contribution in [0.2, 0.25) is 0 Å². The average molecular weight is 310 g/mol. The van der Waals surface area contributed by atoms with Gasteiger partial charge in [0.1, 0.15) is 0 Å². The molecule has 4 atom stereocenters. The maximum atomic E-state index is 12.1. The second kappa shape index (κ2) is 5.78. The predicted molar refractivity (Wildman–Crippen MR) is 73.5 cm³/mol. The number of hydrogen-bond acceptors (Lipinski definition) is 4. The van der Waals surface area contributed by atoms with Crippen LogP contribution < -0.4 is 10.6 Å². The number of carboxylic acids is 2. The van der Waals surface area contributed by atoms with Gasteiger partial charge in [-0.3, -0.25) is 19.2 Å². The van der Waals surface area contributed by atoms with Crippen LogP contribution >= 0.6 is 0 Å². The maximum Gasteiger partial charge on any atom is 0.307 e. The van der Waals surface area contributed by atoms with E-state index in [1.54, 1.807) is 6.08 Å². The molecular formula is C14H18N2O6. The smallest absolute Gasteiger partial charge is 0.307 e. The zero-order chi connectivity index (χ0) is 16.6. The van der Waals surface area contributed by atoms with E-state index in [-0.39, 0.29) is 0 Å². The molecule has 1 fully saturated rings. The molecule has 0 aromatic rings. The van der Waals surface area contributed by atoms with Crippen molar-refractivity contribution in [2.75, 3.05) is 14.1 Å². The van der Waals surface area contributed by atoms with Gasteiger partial charge < -0.3 is 20.8 Å². The lowest BCUT2D eigenvalue weighted by Gasteiger charge is -2.49. The normalized spacial score (nSPS) is 35.7. The molecule has 0 radical (unpaired) electrons. The van der Waals surface area contributed by atoms with E-state index in [2.05, 4.69) is 10.6 Å². The van der Waals surface area contributed by atoms with Gasteiger partial charge in [0.2, 0.25) is 11.8 Å². The van der Waals surface area contributed by atoms with Crippen molar-refractivity contribution < 1.29 is 29.4 Å². The first kappa shape index (κ1) is 16.0. The van der Waals surface area contributed by atoms with Crippen molar-refractivity contribution in [2.45, 2.75) is 0 Å². The van der Waals surface area contributed by atoms with Gasteiger partial charge in [0, 0.05) is 25.9 Å². The Morgan fingerprint density at radius 2 is 1.05 bits per heavy atom. The van der Waals surface area contributed by atoms with Gasteiger partial charge in [0.05, 0.1) is 23.7 Å². The lowest BCUT2D eigenvalue weighted by atomic mass is 9.52. The molecule has 3 rings (SSSR count). The largest absolute Gasteiger partial charge is 0.481 e. The van der Waals surface area contributed by atoms with E-state index < -0.39 is 59.3 Å². The molecule has 0 heterocycles. The molecule has 3 aliphatic carbocycles. The fourth-order valence-corrected chi connectivity index (χ4v) is 3.79. The number of carbonyl (C=O) groups is 4. The van der Waals surface area contributed by atoms with E-state index in [0.717, 1.165) is 0 Å². The number of nitrogens with one attached hydrogen (secondary N) is 2. The summed E-state index contributed by atoms with van der Waals surface area (Å²) in [4.78, 5) is 47.4. The molecule has 120 valence electrons. The van der Waals surface area contributed by atoms with Gasteiger partial charge in [-0.05, 0) is 0 Å². The number of amides is 2. The summed E-state index contributed by atoms with van der Waals surface area (Å²) < 4.78 is 0. The molecule has 0 aromatic heterocycles. The molecule has 4 N–H and O–H groups in total. The van der Waals surface area contributed by atoms with E-state index >= 15 is 0 Å². The average Bonchev–Trinajstić information content (AvgIpc) is 2.51. The Labute approximate surface area is 126 Å². The summed E-state index contributed by atoms with van der Waals surface area (Å²) >= 11 is 0. The minimum Gasteiger partial charge on any atom is -0.481 e. The Morgan fingerprint density at radius 3 is 1.32 bits per heavy atom. The first-order chi connectivity index (χ1) is 10.3. The van der Waals surface area contributed by atoms with Crippen LogP contribution in [0.3, 0.4) is 0 Å². The van der Waals surface area contributed by atoms with Gasteiger partial charge in [-0.15, -0.1) is 0 Å². The number of hydrogen-bond donors (Lipinski definition) is 4. The van der Waals surface area contributed by atoms with Crippen LogP contribution in [0.15, 0.2) is 12.2 Å². The van der Waals surface area contributed by atoms with Gasteiger partial charge in [-0.1, -0.05) is 12.2 Å². The highest BCUT2D eigenvalue weighted by atomic mass is 16.4.